The summed E-state index contributed by atoms with van der Waals surface area (Å²) in [5.74, 6) is 0.160. The van der Waals surface area contributed by atoms with Crippen LogP contribution >= 0.6 is 0 Å². The van der Waals surface area contributed by atoms with E-state index >= 15 is 0 Å². The van der Waals surface area contributed by atoms with E-state index in [2.05, 4.69) is 5.16 Å². The second kappa shape index (κ2) is 10.1. The molecule has 27 heavy (non-hydrogen) atoms. The summed E-state index contributed by atoms with van der Waals surface area (Å²) < 4.78 is 0. The van der Waals surface area contributed by atoms with Crippen LogP contribution < -0.4 is 0 Å². The first-order valence-electron chi connectivity index (χ1n) is 9.19. The maximum Gasteiger partial charge on any atom is 0.162 e. The molecule has 0 N–H and O–H groups in total. The molecule has 0 bridgehead atoms. The molecule has 3 aromatic rings. The van der Waals surface area contributed by atoms with Gasteiger partial charge in [0.15, 0.2) is 5.78 Å². The Labute approximate surface area is 160 Å². The lowest BCUT2D eigenvalue weighted by Crippen LogP contribution is -2.05. The van der Waals surface area contributed by atoms with Crippen molar-refractivity contribution in [3.05, 3.63) is 108 Å². The van der Waals surface area contributed by atoms with Crippen LogP contribution in [-0.2, 0) is 11.4 Å². The fourth-order valence-corrected chi connectivity index (χ4v) is 2.82. The van der Waals surface area contributed by atoms with Crippen molar-refractivity contribution in [3.63, 3.8) is 0 Å². The van der Waals surface area contributed by atoms with Crippen LogP contribution in [0.2, 0.25) is 0 Å². The molecule has 3 heteroatoms. The highest BCUT2D eigenvalue weighted by Crippen LogP contribution is 2.12. The van der Waals surface area contributed by atoms with E-state index in [1.165, 1.54) is 0 Å². The van der Waals surface area contributed by atoms with E-state index < -0.39 is 0 Å². The summed E-state index contributed by atoms with van der Waals surface area (Å²) in [5.41, 5.74) is 3.73. The number of benzene rings is 3. The highest BCUT2D eigenvalue weighted by molar-refractivity contribution is 6.01. The zero-order valence-corrected chi connectivity index (χ0v) is 15.3. The summed E-state index contributed by atoms with van der Waals surface area (Å²) in [6.45, 7) is 0.431. The SMILES string of the molecule is O=C(CCCC(=NOCc1ccccc1)c1ccccc1)c1ccccc1. The Kier molecular flexibility index (Phi) is 6.93. The van der Waals surface area contributed by atoms with Crippen LogP contribution in [0.4, 0.5) is 0 Å². The highest BCUT2D eigenvalue weighted by Gasteiger charge is 2.09. The summed E-state index contributed by atoms with van der Waals surface area (Å²) in [7, 11) is 0. The molecule has 3 nitrogen and oxygen atoms in total. The monoisotopic (exact) mass is 357 g/mol. The molecule has 136 valence electrons. The second-order valence-corrected chi connectivity index (χ2v) is 6.31. The first-order chi connectivity index (χ1) is 13.3. The summed E-state index contributed by atoms with van der Waals surface area (Å²) in [6, 6.07) is 29.4. The predicted octanol–water partition coefficient (Wildman–Crippen LogP) is 5.66. The Morgan fingerprint density at radius 1 is 0.704 bits per heavy atom. The first-order valence-corrected chi connectivity index (χ1v) is 9.19. The van der Waals surface area contributed by atoms with Crippen molar-refractivity contribution < 1.29 is 9.63 Å². The Morgan fingerprint density at radius 2 is 1.26 bits per heavy atom. The van der Waals surface area contributed by atoms with Gasteiger partial charge >= 0.3 is 0 Å². The van der Waals surface area contributed by atoms with Gasteiger partial charge in [-0.05, 0) is 24.0 Å². The molecule has 0 aliphatic rings. The molecule has 0 saturated carbocycles. The van der Waals surface area contributed by atoms with Crippen molar-refractivity contribution in [2.24, 2.45) is 5.16 Å². The molecular formula is C24H23NO2. The standard InChI is InChI=1S/C24H23NO2/c26-24(22-15-8-3-9-16-22)18-10-17-23(21-13-6-2-7-14-21)25-27-19-20-11-4-1-5-12-20/h1-9,11-16H,10,17-19H2. The first kappa shape index (κ1) is 18.6. The lowest BCUT2D eigenvalue weighted by atomic mass is 10.0. The maximum atomic E-state index is 12.3. The van der Waals surface area contributed by atoms with Crippen LogP contribution in [0.3, 0.4) is 0 Å². The maximum absolute atomic E-state index is 12.3. The molecule has 0 radical (unpaired) electrons. The third-order valence-electron chi connectivity index (χ3n) is 4.27. The number of Topliss-reactive ketones (excluding diaryl/α,β-unsaturated/α-hetero) is 1. The highest BCUT2D eigenvalue weighted by atomic mass is 16.6. The van der Waals surface area contributed by atoms with Gasteiger partial charge < -0.3 is 4.84 Å². The molecule has 0 aromatic heterocycles. The molecule has 0 amide bonds. The number of rotatable bonds is 9. The number of oxime groups is 1. The van der Waals surface area contributed by atoms with Crippen LogP contribution in [0, 0.1) is 0 Å². The average Bonchev–Trinajstić information content (AvgIpc) is 2.74. The van der Waals surface area contributed by atoms with E-state index in [4.69, 9.17) is 4.84 Å². The van der Waals surface area contributed by atoms with Gasteiger partial charge in [-0.15, -0.1) is 0 Å². The topological polar surface area (TPSA) is 38.7 Å². The molecule has 0 aliphatic carbocycles. The number of hydrogen-bond acceptors (Lipinski definition) is 3. The van der Waals surface area contributed by atoms with Crippen LogP contribution in [0.15, 0.2) is 96.2 Å². The number of carbonyl (C=O) groups is 1. The largest absolute Gasteiger partial charge is 0.391 e. The minimum absolute atomic E-state index is 0.160. The minimum atomic E-state index is 0.160. The zero-order valence-electron chi connectivity index (χ0n) is 15.3. The number of nitrogens with zero attached hydrogens (tertiary/aromatic N) is 1. The van der Waals surface area contributed by atoms with Crippen molar-refractivity contribution in [2.75, 3.05) is 0 Å². The Morgan fingerprint density at radius 3 is 1.89 bits per heavy atom. The molecular weight excluding hydrogens is 334 g/mol. The molecule has 0 fully saturated rings. The lowest BCUT2D eigenvalue weighted by molar-refractivity contribution is 0.0980. The van der Waals surface area contributed by atoms with Crippen LogP contribution in [0.1, 0.15) is 40.7 Å². The molecule has 0 heterocycles. The molecule has 0 unspecified atom stereocenters. The van der Waals surface area contributed by atoms with E-state index in [0.29, 0.717) is 19.4 Å². The molecule has 0 atom stereocenters. The van der Waals surface area contributed by atoms with E-state index in [9.17, 15) is 4.79 Å². The Hall–Kier alpha value is -3.20. The number of carbonyl (C=O) groups excluding carboxylic acids is 1. The van der Waals surface area contributed by atoms with Gasteiger partial charge in [-0.1, -0.05) is 96.2 Å². The molecule has 0 saturated heterocycles. The van der Waals surface area contributed by atoms with Gasteiger partial charge in [-0.2, -0.15) is 0 Å². The number of ketones is 1. The van der Waals surface area contributed by atoms with Crippen molar-refractivity contribution in [1.82, 2.24) is 0 Å². The van der Waals surface area contributed by atoms with E-state index in [1.54, 1.807) is 0 Å². The van der Waals surface area contributed by atoms with Gasteiger partial charge in [0.1, 0.15) is 6.61 Å². The van der Waals surface area contributed by atoms with E-state index in [1.807, 2.05) is 91.0 Å². The van der Waals surface area contributed by atoms with Crippen molar-refractivity contribution in [2.45, 2.75) is 25.9 Å². The van der Waals surface area contributed by atoms with E-state index in [0.717, 1.165) is 28.8 Å². The third-order valence-corrected chi connectivity index (χ3v) is 4.27. The van der Waals surface area contributed by atoms with Crippen LogP contribution in [0.25, 0.3) is 0 Å². The van der Waals surface area contributed by atoms with Gasteiger partial charge in [0, 0.05) is 12.0 Å². The minimum Gasteiger partial charge on any atom is -0.391 e. The normalized spacial score (nSPS) is 11.2. The summed E-state index contributed by atoms with van der Waals surface area (Å²) in [5, 5.41) is 4.36. The molecule has 3 aromatic carbocycles. The van der Waals surface area contributed by atoms with Gasteiger partial charge in [-0.25, -0.2) is 0 Å². The van der Waals surface area contributed by atoms with Gasteiger partial charge in [0.2, 0.25) is 0 Å². The van der Waals surface area contributed by atoms with Crippen LogP contribution in [-0.4, -0.2) is 11.5 Å². The zero-order chi connectivity index (χ0) is 18.7. The Balaban J connectivity index is 1.60. The Bertz CT molecular complexity index is 859. The van der Waals surface area contributed by atoms with Crippen molar-refractivity contribution >= 4 is 11.5 Å². The van der Waals surface area contributed by atoms with Crippen LogP contribution in [0.5, 0.6) is 0 Å². The van der Waals surface area contributed by atoms with Crippen molar-refractivity contribution in [1.29, 1.82) is 0 Å². The molecule has 3 rings (SSSR count). The molecule has 0 aliphatic heterocycles. The van der Waals surface area contributed by atoms with Gasteiger partial charge in [0.25, 0.3) is 0 Å². The predicted molar refractivity (Wildman–Crippen MR) is 109 cm³/mol. The van der Waals surface area contributed by atoms with Gasteiger partial charge in [0.05, 0.1) is 5.71 Å². The summed E-state index contributed by atoms with van der Waals surface area (Å²) >= 11 is 0. The number of hydrogen-bond donors (Lipinski definition) is 0. The van der Waals surface area contributed by atoms with Gasteiger partial charge in [-0.3, -0.25) is 4.79 Å². The lowest BCUT2D eigenvalue weighted by Gasteiger charge is -2.07. The van der Waals surface area contributed by atoms with E-state index in [-0.39, 0.29) is 5.78 Å². The quantitative estimate of drug-likeness (QED) is 0.281. The fourth-order valence-electron chi connectivity index (χ4n) is 2.82. The average molecular weight is 357 g/mol. The fraction of sp³-hybridized carbons (Fsp3) is 0.167. The smallest absolute Gasteiger partial charge is 0.162 e. The second-order valence-electron chi connectivity index (χ2n) is 6.31. The van der Waals surface area contributed by atoms with Crippen molar-refractivity contribution in [3.8, 4) is 0 Å². The third kappa shape index (κ3) is 5.93. The molecule has 0 spiro atoms. The summed E-state index contributed by atoms with van der Waals surface area (Å²) in [6.07, 6.45) is 1.92. The summed E-state index contributed by atoms with van der Waals surface area (Å²) in [4.78, 5) is 17.9.